The zero-order valence-corrected chi connectivity index (χ0v) is 15.1. The Kier molecular flexibility index (Phi) is 6.08. The van der Waals surface area contributed by atoms with Gasteiger partial charge in [0.25, 0.3) is 0 Å². The van der Waals surface area contributed by atoms with Crippen LogP contribution in [0, 0.1) is 0 Å². The number of carbonyl (C=O) groups is 2. The van der Waals surface area contributed by atoms with E-state index in [2.05, 4.69) is 34.5 Å². The Morgan fingerprint density at radius 1 is 1.12 bits per heavy atom. The van der Waals surface area contributed by atoms with Crippen LogP contribution in [0.2, 0.25) is 0 Å². The molecule has 2 amide bonds. The van der Waals surface area contributed by atoms with Crippen LogP contribution >= 0.6 is 0 Å². The second-order valence-electron chi connectivity index (χ2n) is 7.34. The molecular formula is C20H29N3O2. The molecule has 2 atom stereocenters. The third kappa shape index (κ3) is 5.05. The van der Waals surface area contributed by atoms with Crippen molar-refractivity contribution in [2.24, 2.45) is 0 Å². The molecule has 2 aliphatic heterocycles. The minimum Gasteiger partial charge on any atom is -0.352 e. The van der Waals surface area contributed by atoms with Crippen LogP contribution < -0.4 is 5.32 Å². The van der Waals surface area contributed by atoms with Gasteiger partial charge in [-0.05, 0) is 31.2 Å². The van der Waals surface area contributed by atoms with Crippen molar-refractivity contribution in [2.45, 2.75) is 57.7 Å². The number of carbonyl (C=O) groups excluding carboxylic acids is 2. The van der Waals surface area contributed by atoms with Gasteiger partial charge in [-0.25, -0.2) is 0 Å². The van der Waals surface area contributed by atoms with Crippen LogP contribution in [0.5, 0.6) is 0 Å². The third-order valence-corrected chi connectivity index (χ3v) is 5.34. The van der Waals surface area contributed by atoms with Crippen molar-refractivity contribution in [1.82, 2.24) is 15.1 Å². The number of nitrogens with one attached hydrogen (secondary N) is 1. The zero-order valence-electron chi connectivity index (χ0n) is 15.1. The average Bonchev–Trinajstić information content (AvgIpc) is 3.02. The molecule has 2 saturated heterocycles. The summed E-state index contributed by atoms with van der Waals surface area (Å²) in [6.07, 6.45) is 4.54. The number of hydrogen-bond acceptors (Lipinski definition) is 3. The van der Waals surface area contributed by atoms with E-state index in [1.165, 1.54) is 5.56 Å². The lowest BCUT2D eigenvalue weighted by Gasteiger charge is -2.35. The molecule has 0 unspecified atom stereocenters. The van der Waals surface area contributed by atoms with Gasteiger partial charge in [-0.3, -0.25) is 14.5 Å². The Labute approximate surface area is 150 Å². The van der Waals surface area contributed by atoms with Gasteiger partial charge in [0.1, 0.15) is 0 Å². The van der Waals surface area contributed by atoms with E-state index in [1.54, 1.807) is 6.92 Å². The zero-order chi connectivity index (χ0) is 17.6. The fourth-order valence-electron chi connectivity index (χ4n) is 4.06. The SMILES string of the molecule is CC(=O)N1CCCC[C@H]1CC(=O)N[C@@H]1CCN(Cc2ccccc2)C1. The van der Waals surface area contributed by atoms with E-state index in [4.69, 9.17) is 0 Å². The summed E-state index contributed by atoms with van der Waals surface area (Å²) in [6, 6.07) is 10.8. The van der Waals surface area contributed by atoms with Gasteiger partial charge in [0.05, 0.1) is 0 Å². The number of rotatable bonds is 5. The average molecular weight is 343 g/mol. The van der Waals surface area contributed by atoms with Crippen LogP contribution in [0.4, 0.5) is 0 Å². The van der Waals surface area contributed by atoms with Crippen molar-refractivity contribution in [3.8, 4) is 0 Å². The van der Waals surface area contributed by atoms with E-state index in [-0.39, 0.29) is 23.9 Å². The molecule has 2 fully saturated rings. The normalized spacial score (nSPS) is 24.3. The standard InChI is InChI=1S/C20H29N3O2/c1-16(24)23-11-6-5-9-19(23)13-20(25)21-18-10-12-22(15-18)14-17-7-3-2-4-8-17/h2-4,7-8,18-19H,5-6,9-15H2,1H3,(H,21,25)/t18-,19+/m1/s1. The molecule has 1 N–H and O–H groups in total. The fourth-order valence-corrected chi connectivity index (χ4v) is 4.06. The van der Waals surface area contributed by atoms with Crippen molar-refractivity contribution in [1.29, 1.82) is 0 Å². The maximum absolute atomic E-state index is 12.4. The first-order valence-electron chi connectivity index (χ1n) is 9.44. The molecule has 5 heteroatoms. The van der Waals surface area contributed by atoms with E-state index in [9.17, 15) is 9.59 Å². The second-order valence-corrected chi connectivity index (χ2v) is 7.34. The van der Waals surface area contributed by atoms with Crippen molar-refractivity contribution in [2.75, 3.05) is 19.6 Å². The van der Waals surface area contributed by atoms with Gasteiger partial charge in [-0.2, -0.15) is 0 Å². The molecule has 1 aromatic rings. The number of likely N-dealkylation sites (tertiary alicyclic amines) is 2. The summed E-state index contributed by atoms with van der Waals surface area (Å²) in [5.74, 6) is 0.178. The predicted octanol–water partition coefficient (Wildman–Crippen LogP) is 2.17. The van der Waals surface area contributed by atoms with Gasteiger partial charge in [-0.15, -0.1) is 0 Å². The van der Waals surface area contributed by atoms with Gasteiger partial charge < -0.3 is 10.2 Å². The van der Waals surface area contributed by atoms with Gasteiger partial charge in [0.2, 0.25) is 11.8 Å². The summed E-state index contributed by atoms with van der Waals surface area (Å²) >= 11 is 0. The molecule has 3 rings (SSSR count). The molecule has 25 heavy (non-hydrogen) atoms. The molecule has 2 heterocycles. The van der Waals surface area contributed by atoms with Crippen molar-refractivity contribution in [3.05, 3.63) is 35.9 Å². The van der Waals surface area contributed by atoms with E-state index >= 15 is 0 Å². The van der Waals surface area contributed by atoms with E-state index in [1.807, 2.05) is 11.0 Å². The van der Waals surface area contributed by atoms with Crippen LogP contribution in [0.25, 0.3) is 0 Å². The molecule has 0 aliphatic carbocycles. The highest BCUT2D eigenvalue weighted by molar-refractivity contribution is 5.79. The van der Waals surface area contributed by atoms with Gasteiger partial charge in [-0.1, -0.05) is 30.3 Å². The van der Waals surface area contributed by atoms with E-state index < -0.39 is 0 Å². The number of hydrogen-bond donors (Lipinski definition) is 1. The van der Waals surface area contributed by atoms with Gasteiger partial charge in [0, 0.05) is 51.6 Å². The first-order valence-corrected chi connectivity index (χ1v) is 9.44. The summed E-state index contributed by atoms with van der Waals surface area (Å²) < 4.78 is 0. The molecular weight excluding hydrogens is 314 g/mol. The third-order valence-electron chi connectivity index (χ3n) is 5.34. The van der Waals surface area contributed by atoms with Crippen LogP contribution in [0.3, 0.4) is 0 Å². The summed E-state index contributed by atoms with van der Waals surface area (Å²) in [4.78, 5) is 28.4. The van der Waals surface area contributed by atoms with Crippen LogP contribution in [0.15, 0.2) is 30.3 Å². The Bertz CT molecular complexity index is 590. The van der Waals surface area contributed by atoms with Crippen molar-refractivity contribution < 1.29 is 9.59 Å². The first kappa shape index (κ1) is 17.9. The molecule has 0 bridgehead atoms. The number of benzene rings is 1. The Hall–Kier alpha value is -1.88. The summed E-state index contributed by atoms with van der Waals surface area (Å²) in [6.45, 7) is 5.26. The number of nitrogens with zero attached hydrogens (tertiary/aromatic N) is 2. The fraction of sp³-hybridized carbons (Fsp3) is 0.600. The lowest BCUT2D eigenvalue weighted by atomic mass is 9.99. The monoisotopic (exact) mass is 343 g/mol. The molecule has 0 spiro atoms. The molecule has 0 aromatic heterocycles. The molecule has 5 nitrogen and oxygen atoms in total. The Morgan fingerprint density at radius 3 is 2.68 bits per heavy atom. The maximum atomic E-state index is 12.4. The topological polar surface area (TPSA) is 52.7 Å². The van der Waals surface area contributed by atoms with Crippen LogP contribution in [-0.4, -0.2) is 53.3 Å². The highest BCUT2D eigenvalue weighted by Crippen LogP contribution is 2.20. The van der Waals surface area contributed by atoms with E-state index in [0.717, 1.165) is 51.9 Å². The minimum atomic E-state index is 0.0769. The largest absolute Gasteiger partial charge is 0.352 e. The molecule has 0 saturated carbocycles. The van der Waals surface area contributed by atoms with Crippen LogP contribution in [0.1, 0.15) is 44.6 Å². The minimum absolute atomic E-state index is 0.0769. The predicted molar refractivity (Wildman–Crippen MR) is 97.9 cm³/mol. The smallest absolute Gasteiger partial charge is 0.222 e. The molecule has 0 radical (unpaired) electrons. The molecule has 2 aliphatic rings. The number of piperidine rings is 1. The Morgan fingerprint density at radius 2 is 1.92 bits per heavy atom. The summed E-state index contributed by atoms with van der Waals surface area (Å²) in [7, 11) is 0. The number of amides is 2. The Balaban J connectivity index is 1.45. The first-order chi connectivity index (χ1) is 12.1. The lowest BCUT2D eigenvalue weighted by molar-refractivity contribution is -0.134. The van der Waals surface area contributed by atoms with Crippen LogP contribution in [-0.2, 0) is 16.1 Å². The second kappa shape index (κ2) is 8.48. The highest BCUT2D eigenvalue weighted by Gasteiger charge is 2.28. The van der Waals surface area contributed by atoms with Crippen molar-refractivity contribution >= 4 is 11.8 Å². The molecule has 1 aromatic carbocycles. The summed E-state index contributed by atoms with van der Waals surface area (Å²) in [5, 5.41) is 3.18. The summed E-state index contributed by atoms with van der Waals surface area (Å²) in [5.41, 5.74) is 1.31. The van der Waals surface area contributed by atoms with Crippen molar-refractivity contribution in [3.63, 3.8) is 0 Å². The maximum Gasteiger partial charge on any atom is 0.222 e. The quantitative estimate of drug-likeness (QED) is 0.891. The van der Waals surface area contributed by atoms with Gasteiger partial charge >= 0.3 is 0 Å². The molecule has 136 valence electrons. The lowest BCUT2D eigenvalue weighted by Crippen LogP contribution is -2.46. The highest BCUT2D eigenvalue weighted by atomic mass is 16.2. The van der Waals surface area contributed by atoms with Gasteiger partial charge in [0.15, 0.2) is 0 Å². The van der Waals surface area contributed by atoms with E-state index in [0.29, 0.717) is 6.42 Å².